The van der Waals surface area contributed by atoms with Crippen LogP contribution in [0.4, 0.5) is 0 Å². The SMILES string of the molecule is Cc1occc1-c1nnc2sc(-c3c(C)oc(-c4cc(Cl)cc(Cl)c4)c3C)nn12. The molecule has 0 aliphatic heterocycles. The van der Waals surface area contributed by atoms with E-state index in [1.807, 2.05) is 39.0 Å². The fourth-order valence-electron chi connectivity index (χ4n) is 3.43. The van der Waals surface area contributed by atoms with Gasteiger partial charge in [0.25, 0.3) is 0 Å². The first-order valence-corrected chi connectivity index (χ1v) is 10.3. The van der Waals surface area contributed by atoms with Crippen molar-refractivity contribution in [3.63, 3.8) is 0 Å². The summed E-state index contributed by atoms with van der Waals surface area (Å²) in [5.41, 5.74) is 3.59. The third-order valence-electron chi connectivity index (χ3n) is 4.75. The molecule has 4 aromatic heterocycles. The Bertz CT molecular complexity index is 1360. The Morgan fingerprint density at radius 1 is 1.00 bits per heavy atom. The molecule has 29 heavy (non-hydrogen) atoms. The lowest BCUT2D eigenvalue weighted by Gasteiger charge is -2.01. The van der Waals surface area contributed by atoms with Crippen molar-refractivity contribution < 1.29 is 8.83 Å². The summed E-state index contributed by atoms with van der Waals surface area (Å²) in [5.74, 6) is 2.90. The van der Waals surface area contributed by atoms with Crippen LogP contribution in [0.25, 0.3) is 38.2 Å². The third-order valence-corrected chi connectivity index (χ3v) is 6.10. The molecule has 0 spiro atoms. The lowest BCUT2D eigenvalue weighted by atomic mass is 10.1. The van der Waals surface area contributed by atoms with Crippen LogP contribution in [0.15, 0.2) is 39.4 Å². The minimum atomic E-state index is 0.557. The molecule has 146 valence electrons. The normalized spacial score (nSPS) is 11.6. The molecule has 0 aliphatic carbocycles. The van der Waals surface area contributed by atoms with Gasteiger partial charge in [-0.15, -0.1) is 10.2 Å². The van der Waals surface area contributed by atoms with Gasteiger partial charge < -0.3 is 8.83 Å². The molecular formula is C20H14Cl2N4O2S. The summed E-state index contributed by atoms with van der Waals surface area (Å²) in [7, 11) is 0. The van der Waals surface area contributed by atoms with E-state index in [-0.39, 0.29) is 0 Å². The van der Waals surface area contributed by atoms with Crippen LogP contribution >= 0.6 is 34.5 Å². The van der Waals surface area contributed by atoms with Gasteiger partial charge in [-0.05, 0) is 45.0 Å². The first-order valence-electron chi connectivity index (χ1n) is 8.76. The Morgan fingerprint density at radius 2 is 1.76 bits per heavy atom. The van der Waals surface area contributed by atoms with Crippen molar-refractivity contribution in [2.45, 2.75) is 20.8 Å². The van der Waals surface area contributed by atoms with Crippen LogP contribution in [0.3, 0.4) is 0 Å². The van der Waals surface area contributed by atoms with Crippen LogP contribution in [0, 0.1) is 20.8 Å². The summed E-state index contributed by atoms with van der Waals surface area (Å²) in [5, 5.41) is 15.2. The van der Waals surface area contributed by atoms with Crippen LogP contribution < -0.4 is 0 Å². The van der Waals surface area contributed by atoms with E-state index in [2.05, 4.69) is 10.2 Å². The number of fused-ring (bicyclic) bond motifs is 1. The summed E-state index contributed by atoms with van der Waals surface area (Å²) in [4.78, 5) is 0.697. The summed E-state index contributed by atoms with van der Waals surface area (Å²) >= 11 is 13.8. The van der Waals surface area contributed by atoms with E-state index < -0.39 is 0 Å². The predicted molar refractivity (Wildman–Crippen MR) is 114 cm³/mol. The Labute approximate surface area is 179 Å². The number of furan rings is 2. The highest BCUT2D eigenvalue weighted by molar-refractivity contribution is 7.19. The fourth-order valence-corrected chi connectivity index (χ4v) is 4.95. The van der Waals surface area contributed by atoms with E-state index in [9.17, 15) is 0 Å². The Hall–Kier alpha value is -2.61. The third kappa shape index (κ3) is 2.97. The van der Waals surface area contributed by atoms with Gasteiger partial charge in [0.1, 0.15) is 17.3 Å². The van der Waals surface area contributed by atoms with Gasteiger partial charge in [0.2, 0.25) is 4.96 Å². The van der Waals surface area contributed by atoms with Gasteiger partial charge in [0.15, 0.2) is 10.8 Å². The molecule has 4 heterocycles. The van der Waals surface area contributed by atoms with Crippen molar-refractivity contribution in [1.29, 1.82) is 0 Å². The van der Waals surface area contributed by atoms with Crippen molar-refractivity contribution in [3.8, 4) is 33.3 Å². The molecule has 5 rings (SSSR count). The smallest absolute Gasteiger partial charge is 0.235 e. The molecule has 0 atom stereocenters. The second-order valence-electron chi connectivity index (χ2n) is 6.66. The number of benzene rings is 1. The van der Waals surface area contributed by atoms with Crippen LogP contribution in [-0.2, 0) is 0 Å². The van der Waals surface area contributed by atoms with Gasteiger partial charge in [0.05, 0.1) is 17.4 Å². The monoisotopic (exact) mass is 444 g/mol. The average Bonchev–Trinajstić information content (AvgIpc) is 3.38. The van der Waals surface area contributed by atoms with E-state index in [0.29, 0.717) is 20.8 Å². The van der Waals surface area contributed by atoms with E-state index in [4.69, 9.17) is 37.1 Å². The quantitative estimate of drug-likeness (QED) is 0.313. The number of aryl methyl sites for hydroxylation is 2. The maximum Gasteiger partial charge on any atom is 0.235 e. The zero-order chi connectivity index (χ0) is 20.3. The summed E-state index contributed by atoms with van der Waals surface area (Å²) in [6.45, 7) is 5.80. The molecule has 0 saturated carbocycles. The number of halogens is 2. The number of hydrogen-bond acceptors (Lipinski definition) is 6. The molecule has 0 fully saturated rings. The molecule has 9 heteroatoms. The number of hydrogen-bond donors (Lipinski definition) is 0. The van der Waals surface area contributed by atoms with Gasteiger partial charge in [-0.25, -0.2) is 0 Å². The first-order chi connectivity index (χ1) is 13.9. The maximum absolute atomic E-state index is 6.17. The molecule has 0 bridgehead atoms. The predicted octanol–water partition coefficient (Wildman–Crippen LogP) is 6.60. The highest BCUT2D eigenvalue weighted by Gasteiger charge is 2.23. The van der Waals surface area contributed by atoms with E-state index in [1.54, 1.807) is 16.8 Å². The molecule has 0 radical (unpaired) electrons. The second-order valence-corrected chi connectivity index (χ2v) is 8.49. The van der Waals surface area contributed by atoms with Gasteiger partial charge in [-0.2, -0.15) is 9.61 Å². The Balaban J connectivity index is 1.65. The maximum atomic E-state index is 6.17. The molecule has 6 nitrogen and oxygen atoms in total. The number of nitrogens with zero attached hydrogens (tertiary/aromatic N) is 4. The van der Waals surface area contributed by atoms with Gasteiger partial charge in [-0.3, -0.25) is 0 Å². The molecule has 0 amide bonds. The summed E-state index contributed by atoms with van der Waals surface area (Å²) in [6.07, 6.45) is 1.63. The van der Waals surface area contributed by atoms with Gasteiger partial charge in [0, 0.05) is 21.2 Å². The number of aromatic nitrogens is 4. The van der Waals surface area contributed by atoms with Crippen molar-refractivity contribution >= 4 is 39.5 Å². The topological polar surface area (TPSA) is 69.4 Å². The highest BCUT2D eigenvalue weighted by atomic mass is 35.5. The average molecular weight is 445 g/mol. The van der Waals surface area contributed by atoms with Crippen LogP contribution in [0.5, 0.6) is 0 Å². The van der Waals surface area contributed by atoms with Gasteiger partial charge in [-0.1, -0.05) is 34.5 Å². The molecular weight excluding hydrogens is 431 g/mol. The molecule has 0 unspecified atom stereocenters. The summed E-state index contributed by atoms with van der Waals surface area (Å²) in [6, 6.07) is 7.22. The van der Waals surface area contributed by atoms with E-state index in [0.717, 1.165) is 44.5 Å². The van der Waals surface area contributed by atoms with Crippen LogP contribution in [0.2, 0.25) is 10.0 Å². The molecule has 0 N–H and O–H groups in total. The van der Waals surface area contributed by atoms with Gasteiger partial charge >= 0.3 is 0 Å². The first kappa shape index (κ1) is 18.4. The molecule has 5 aromatic rings. The molecule has 0 saturated heterocycles. The lowest BCUT2D eigenvalue weighted by molar-refractivity contribution is 0.535. The van der Waals surface area contributed by atoms with Crippen molar-refractivity contribution in [1.82, 2.24) is 19.8 Å². The minimum Gasteiger partial charge on any atom is -0.469 e. The van der Waals surface area contributed by atoms with Crippen LogP contribution in [0.1, 0.15) is 17.1 Å². The standard InChI is InChI=1S/C20H14Cl2N4O2S/c1-9-16(11(3)28-17(9)12-6-13(21)8-14(22)7-12)19-25-26-18(23-24-20(26)29-19)15-4-5-27-10(15)2/h4-8H,1-3H3. The second kappa shape index (κ2) is 6.73. The lowest BCUT2D eigenvalue weighted by Crippen LogP contribution is -1.91. The molecule has 0 aliphatic rings. The largest absolute Gasteiger partial charge is 0.469 e. The highest BCUT2D eigenvalue weighted by Crippen LogP contribution is 2.40. The van der Waals surface area contributed by atoms with Crippen molar-refractivity contribution in [3.05, 3.63) is 57.7 Å². The fraction of sp³-hybridized carbons (Fsp3) is 0.150. The summed E-state index contributed by atoms with van der Waals surface area (Å²) < 4.78 is 13.2. The van der Waals surface area contributed by atoms with E-state index >= 15 is 0 Å². The Morgan fingerprint density at radius 3 is 2.45 bits per heavy atom. The zero-order valence-electron chi connectivity index (χ0n) is 15.7. The van der Waals surface area contributed by atoms with Crippen LogP contribution in [-0.4, -0.2) is 19.8 Å². The molecule has 1 aromatic carbocycles. The number of rotatable bonds is 3. The minimum absolute atomic E-state index is 0.557. The van der Waals surface area contributed by atoms with E-state index in [1.165, 1.54) is 11.3 Å². The zero-order valence-corrected chi connectivity index (χ0v) is 18.0. The van der Waals surface area contributed by atoms with Crippen molar-refractivity contribution in [2.75, 3.05) is 0 Å². The van der Waals surface area contributed by atoms with Crippen molar-refractivity contribution in [2.24, 2.45) is 0 Å². The Kier molecular flexibility index (Phi) is 4.27.